The number of esters is 1. The molecule has 8 nitrogen and oxygen atoms in total. The molecule has 1 fully saturated rings. The van der Waals surface area contributed by atoms with Crippen LogP contribution in [0, 0.1) is 11.7 Å². The van der Waals surface area contributed by atoms with E-state index in [4.69, 9.17) is 14.5 Å². The topological polar surface area (TPSA) is 99.4 Å². The molecule has 10 heteroatoms. The highest BCUT2D eigenvalue weighted by Crippen LogP contribution is 2.34. The predicted octanol–water partition coefficient (Wildman–Crippen LogP) is 3.73. The molecule has 1 saturated heterocycles. The molecule has 0 radical (unpaired) electrons. The van der Waals surface area contributed by atoms with E-state index in [1.165, 1.54) is 18.4 Å². The summed E-state index contributed by atoms with van der Waals surface area (Å²) in [6.07, 6.45) is 7.57. The second-order valence-corrected chi connectivity index (χ2v) is 9.18. The molecule has 3 aromatic rings. The smallest absolute Gasteiger partial charge is 0.348 e. The van der Waals surface area contributed by atoms with Gasteiger partial charge in [0.15, 0.2) is 5.82 Å². The lowest BCUT2D eigenvalue weighted by molar-refractivity contribution is -0.0590. The van der Waals surface area contributed by atoms with Crippen LogP contribution in [-0.2, 0) is 22.4 Å². The first-order chi connectivity index (χ1) is 15.5. The van der Waals surface area contributed by atoms with Gasteiger partial charge < -0.3 is 19.1 Å². The van der Waals surface area contributed by atoms with Gasteiger partial charge in [-0.05, 0) is 43.2 Å². The zero-order chi connectivity index (χ0) is 22.2. The average molecular weight is 459 g/mol. The number of carbonyl (C=O) groups is 1. The Morgan fingerprint density at radius 1 is 1.41 bits per heavy atom. The molecule has 32 heavy (non-hydrogen) atoms. The number of nitrogens with zero attached hydrogens (tertiary/aromatic N) is 4. The lowest BCUT2D eigenvalue weighted by Gasteiger charge is -2.28. The Balaban J connectivity index is 1.35. The van der Waals surface area contributed by atoms with E-state index in [9.17, 15) is 14.3 Å². The van der Waals surface area contributed by atoms with Gasteiger partial charge in [-0.1, -0.05) is 6.08 Å². The van der Waals surface area contributed by atoms with Crippen molar-refractivity contribution in [2.75, 3.05) is 13.7 Å². The van der Waals surface area contributed by atoms with Crippen molar-refractivity contribution in [1.29, 1.82) is 0 Å². The Hall–Kier alpha value is -2.85. The van der Waals surface area contributed by atoms with Gasteiger partial charge in [0.1, 0.15) is 15.5 Å². The molecule has 0 saturated carbocycles. The summed E-state index contributed by atoms with van der Waals surface area (Å²) < 4.78 is 25.9. The van der Waals surface area contributed by atoms with Crippen LogP contribution in [0.1, 0.15) is 47.0 Å². The fourth-order valence-electron chi connectivity index (χ4n) is 4.20. The fraction of sp³-hybridized carbons (Fsp3) is 0.455. The number of methoxy groups -OCH3 is 1. The van der Waals surface area contributed by atoms with E-state index < -0.39 is 11.7 Å². The molecule has 2 aliphatic rings. The Morgan fingerprint density at radius 3 is 2.91 bits per heavy atom. The molecule has 0 spiro atoms. The van der Waals surface area contributed by atoms with Crippen molar-refractivity contribution in [2.45, 2.75) is 44.8 Å². The van der Waals surface area contributed by atoms with Crippen LogP contribution in [0.3, 0.4) is 0 Å². The molecular formula is C22H23FN4O4S. The van der Waals surface area contributed by atoms with Crippen molar-refractivity contribution < 1.29 is 23.8 Å². The van der Waals surface area contributed by atoms with Gasteiger partial charge in [0.2, 0.25) is 5.82 Å². The molecule has 0 aromatic carbocycles. The van der Waals surface area contributed by atoms with Crippen molar-refractivity contribution in [3.63, 3.8) is 0 Å². The van der Waals surface area contributed by atoms with Gasteiger partial charge in [-0.25, -0.2) is 14.8 Å². The molecule has 2 atom stereocenters. The molecule has 1 aliphatic heterocycles. The number of hydrogen-bond acceptors (Lipinski definition) is 8. The number of allylic oxidation sites excluding steroid dienone is 2. The van der Waals surface area contributed by atoms with Gasteiger partial charge in [-0.2, -0.15) is 9.37 Å². The van der Waals surface area contributed by atoms with Gasteiger partial charge >= 0.3 is 5.97 Å². The zero-order valence-electron chi connectivity index (χ0n) is 17.6. The van der Waals surface area contributed by atoms with Crippen LogP contribution in [-0.4, -0.2) is 50.4 Å². The lowest BCUT2D eigenvalue weighted by Crippen LogP contribution is -2.32. The summed E-state index contributed by atoms with van der Waals surface area (Å²) in [5.41, 5.74) is 1.87. The number of imidazole rings is 1. The lowest BCUT2D eigenvalue weighted by atomic mass is 9.87. The van der Waals surface area contributed by atoms with Crippen LogP contribution in [0.25, 0.3) is 15.9 Å². The third-order valence-electron chi connectivity index (χ3n) is 6.10. The second kappa shape index (κ2) is 8.59. The molecule has 3 aromatic heterocycles. The fourth-order valence-corrected chi connectivity index (χ4v) is 5.17. The maximum Gasteiger partial charge on any atom is 0.348 e. The number of ether oxygens (including phenoxy) is 2. The normalized spacial score (nSPS) is 20.8. The minimum Gasteiger partial charge on any atom is -0.491 e. The van der Waals surface area contributed by atoms with E-state index >= 15 is 0 Å². The van der Waals surface area contributed by atoms with Crippen molar-refractivity contribution >= 4 is 33.2 Å². The van der Waals surface area contributed by atoms with E-state index in [0.717, 1.165) is 73.2 Å². The van der Waals surface area contributed by atoms with E-state index in [-0.39, 0.29) is 12.1 Å². The maximum absolute atomic E-state index is 13.2. The first-order valence-corrected chi connectivity index (χ1v) is 11.4. The predicted molar refractivity (Wildman–Crippen MR) is 116 cm³/mol. The highest BCUT2D eigenvalue weighted by atomic mass is 32.1. The van der Waals surface area contributed by atoms with Crippen LogP contribution in [0.15, 0.2) is 18.3 Å². The Bertz CT molecular complexity index is 1200. The molecule has 5 rings (SSSR count). The largest absolute Gasteiger partial charge is 0.491 e. The van der Waals surface area contributed by atoms with E-state index in [1.54, 1.807) is 0 Å². The Morgan fingerprint density at radius 2 is 2.25 bits per heavy atom. The minimum atomic E-state index is -0.819. The number of hydrogen-bond donors (Lipinski definition) is 1. The molecular weight excluding hydrogens is 435 g/mol. The molecule has 2 unspecified atom stereocenters. The van der Waals surface area contributed by atoms with Gasteiger partial charge in [0.25, 0.3) is 5.88 Å². The number of carbonyl (C=O) groups excluding carboxylic acids is 1. The molecule has 168 valence electrons. The summed E-state index contributed by atoms with van der Waals surface area (Å²) in [5, 5.41) is 9.52. The standard InChI is InChI=1S/C22H23FN4O4S/c1-30-22(29)17-9-16-21(32-17)25-18(27(16)11-14-6-7-31-14)8-12-2-4-13(5-3-12)19-24-10-15(23)20(28)26-19/h4,9-10,12,14H,2-3,5-8,11H2,1H3,(H,24,26,28). The molecule has 4 heterocycles. The zero-order valence-corrected chi connectivity index (χ0v) is 18.4. The average Bonchev–Trinajstić information content (AvgIpc) is 3.31. The van der Waals surface area contributed by atoms with Gasteiger partial charge in [0, 0.05) is 13.0 Å². The van der Waals surface area contributed by atoms with Crippen molar-refractivity contribution in [1.82, 2.24) is 19.5 Å². The van der Waals surface area contributed by atoms with Crippen LogP contribution in [0.4, 0.5) is 4.39 Å². The van der Waals surface area contributed by atoms with E-state index in [2.05, 4.69) is 20.6 Å². The molecule has 1 N–H and O–H groups in total. The van der Waals surface area contributed by atoms with E-state index in [0.29, 0.717) is 16.6 Å². The Labute approximate surface area is 187 Å². The first kappa shape index (κ1) is 21.0. The van der Waals surface area contributed by atoms with Crippen LogP contribution < -0.4 is 0 Å². The Kier molecular flexibility index (Phi) is 5.64. The number of rotatable bonds is 6. The third-order valence-corrected chi connectivity index (χ3v) is 7.09. The summed E-state index contributed by atoms with van der Waals surface area (Å²) in [6.45, 7) is 1.51. The highest BCUT2D eigenvalue weighted by Gasteiger charge is 2.26. The maximum atomic E-state index is 13.2. The van der Waals surface area contributed by atoms with Crippen LogP contribution in [0.5, 0.6) is 5.88 Å². The van der Waals surface area contributed by atoms with Gasteiger partial charge in [-0.3, -0.25) is 0 Å². The summed E-state index contributed by atoms with van der Waals surface area (Å²) in [6, 6.07) is 1.86. The summed E-state index contributed by atoms with van der Waals surface area (Å²) in [4.78, 5) is 26.0. The quantitative estimate of drug-likeness (QED) is 0.562. The minimum absolute atomic E-state index is 0.175. The van der Waals surface area contributed by atoms with Crippen molar-refractivity contribution in [3.05, 3.63) is 40.7 Å². The monoisotopic (exact) mass is 458 g/mol. The number of aromatic nitrogens is 4. The number of fused-ring (bicyclic) bond motifs is 1. The molecule has 0 amide bonds. The molecule has 0 bridgehead atoms. The van der Waals surface area contributed by atoms with Gasteiger partial charge in [0.05, 0.1) is 31.5 Å². The van der Waals surface area contributed by atoms with Crippen LogP contribution >= 0.6 is 11.3 Å². The number of halogens is 1. The molecule has 1 aliphatic carbocycles. The highest BCUT2D eigenvalue weighted by molar-refractivity contribution is 7.20. The summed E-state index contributed by atoms with van der Waals surface area (Å²) >= 11 is 1.35. The van der Waals surface area contributed by atoms with E-state index in [1.807, 2.05) is 6.07 Å². The SMILES string of the molecule is COC(=O)c1cc2c(nc(CC3CC=C(c4ncc(F)c(O)n4)CC3)n2CC2CCO2)s1. The van der Waals surface area contributed by atoms with Gasteiger partial charge in [-0.15, -0.1) is 11.3 Å². The second-order valence-electron chi connectivity index (χ2n) is 8.15. The van der Waals surface area contributed by atoms with Crippen molar-refractivity contribution in [3.8, 4) is 5.88 Å². The number of thiophene rings is 1. The van der Waals surface area contributed by atoms with Crippen molar-refractivity contribution in [2.24, 2.45) is 5.92 Å². The third kappa shape index (κ3) is 4.00. The first-order valence-electron chi connectivity index (χ1n) is 10.6. The summed E-state index contributed by atoms with van der Waals surface area (Å²) in [5.74, 6) is -0.0201. The number of aromatic hydroxyl groups is 1. The van der Waals surface area contributed by atoms with Crippen LogP contribution in [0.2, 0.25) is 0 Å². The summed E-state index contributed by atoms with van der Waals surface area (Å²) in [7, 11) is 1.38.